The first-order valence-corrected chi connectivity index (χ1v) is 6.39. The van der Waals surface area contributed by atoms with E-state index in [-0.39, 0.29) is 18.4 Å². The van der Waals surface area contributed by atoms with E-state index in [1.165, 1.54) is 0 Å². The van der Waals surface area contributed by atoms with Crippen molar-refractivity contribution in [1.82, 2.24) is 9.80 Å². The molecule has 0 atom stereocenters. The molecule has 0 spiro atoms. The molecule has 0 radical (unpaired) electrons. The van der Waals surface area contributed by atoms with Crippen molar-refractivity contribution < 1.29 is 14.7 Å². The first-order valence-electron chi connectivity index (χ1n) is 6.39. The Morgan fingerprint density at radius 2 is 1.59 bits per heavy atom. The van der Waals surface area contributed by atoms with Gasteiger partial charge >= 0.3 is 11.8 Å². The van der Waals surface area contributed by atoms with E-state index in [0.717, 1.165) is 25.7 Å². The molecule has 0 bridgehead atoms. The second-order valence-corrected chi connectivity index (χ2v) is 4.37. The van der Waals surface area contributed by atoms with Gasteiger partial charge < -0.3 is 14.9 Å². The molecule has 0 aromatic carbocycles. The third-order valence-corrected chi connectivity index (χ3v) is 2.98. The summed E-state index contributed by atoms with van der Waals surface area (Å²) in [6.07, 6.45) is 3.40. The van der Waals surface area contributed by atoms with Crippen LogP contribution in [0.4, 0.5) is 0 Å². The fourth-order valence-corrected chi connectivity index (χ4v) is 2.00. The predicted octanol–water partition coefficient (Wildman–Crippen LogP) is 0.230. The molecule has 0 aromatic rings. The standard InChI is InChI=1S/C12H22N2O3/c1-2-6-13-8-9-14(12(17)11(13)16)7-4-3-5-10-15/h15H,2-10H2,1H3. The van der Waals surface area contributed by atoms with Crippen LogP contribution in [0.1, 0.15) is 32.6 Å². The number of hydrogen-bond donors (Lipinski definition) is 1. The molecular weight excluding hydrogens is 220 g/mol. The maximum atomic E-state index is 11.8. The number of amides is 2. The van der Waals surface area contributed by atoms with Crippen LogP contribution >= 0.6 is 0 Å². The van der Waals surface area contributed by atoms with E-state index in [0.29, 0.717) is 26.2 Å². The average molecular weight is 242 g/mol. The minimum Gasteiger partial charge on any atom is -0.396 e. The van der Waals surface area contributed by atoms with Crippen molar-refractivity contribution in [2.45, 2.75) is 32.6 Å². The summed E-state index contributed by atoms with van der Waals surface area (Å²) in [5, 5.41) is 8.65. The molecule has 5 nitrogen and oxygen atoms in total. The van der Waals surface area contributed by atoms with E-state index in [9.17, 15) is 9.59 Å². The van der Waals surface area contributed by atoms with Crippen LogP contribution in [0.15, 0.2) is 0 Å². The Labute approximate surface area is 102 Å². The van der Waals surface area contributed by atoms with Gasteiger partial charge in [-0.15, -0.1) is 0 Å². The Morgan fingerprint density at radius 3 is 2.12 bits per heavy atom. The van der Waals surface area contributed by atoms with Gasteiger partial charge in [0.2, 0.25) is 0 Å². The van der Waals surface area contributed by atoms with Crippen LogP contribution < -0.4 is 0 Å². The first kappa shape index (κ1) is 14.0. The zero-order valence-corrected chi connectivity index (χ0v) is 10.5. The van der Waals surface area contributed by atoms with E-state index in [1.807, 2.05) is 6.92 Å². The van der Waals surface area contributed by atoms with Crippen LogP contribution in [0.5, 0.6) is 0 Å². The van der Waals surface area contributed by atoms with Crippen LogP contribution in [0.2, 0.25) is 0 Å². The van der Waals surface area contributed by atoms with Gasteiger partial charge in [-0.3, -0.25) is 9.59 Å². The third kappa shape index (κ3) is 4.00. The second kappa shape index (κ2) is 7.27. The highest BCUT2D eigenvalue weighted by molar-refractivity contribution is 6.35. The summed E-state index contributed by atoms with van der Waals surface area (Å²) in [7, 11) is 0. The molecule has 0 unspecified atom stereocenters. The van der Waals surface area contributed by atoms with E-state index in [2.05, 4.69) is 0 Å². The smallest absolute Gasteiger partial charge is 0.312 e. The van der Waals surface area contributed by atoms with E-state index < -0.39 is 0 Å². The normalized spacial score (nSPS) is 16.8. The average Bonchev–Trinajstić information content (AvgIpc) is 2.33. The zero-order chi connectivity index (χ0) is 12.7. The summed E-state index contributed by atoms with van der Waals surface area (Å²) in [6, 6.07) is 0. The Morgan fingerprint density at radius 1 is 1.00 bits per heavy atom. The molecule has 2 amide bonds. The van der Waals surface area contributed by atoms with E-state index in [1.54, 1.807) is 9.80 Å². The number of carbonyl (C=O) groups excluding carboxylic acids is 2. The highest BCUT2D eigenvalue weighted by Crippen LogP contribution is 2.07. The molecule has 1 saturated heterocycles. The zero-order valence-electron chi connectivity index (χ0n) is 10.5. The summed E-state index contributed by atoms with van der Waals surface area (Å²) < 4.78 is 0. The lowest BCUT2D eigenvalue weighted by Gasteiger charge is -2.33. The maximum Gasteiger partial charge on any atom is 0.312 e. The fraction of sp³-hybridized carbons (Fsp3) is 0.833. The molecule has 1 aliphatic rings. The number of carbonyl (C=O) groups is 2. The van der Waals surface area contributed by atoms with Gasteiger partial charge in [0, 0.05) is 32.8 Å². The predicted molar refractivity (Wildman–Crippen MR) is 64.4 cm³/mol. The van der Waals surface area contributed by atoms with Crippen molar-refractivity contribution in [2.24, 2.45) is 0 Å². The van der Waals surface area contributed by atoms with Crippen molar-refractivity contribution >= 4 is 11.8 Å². The summed E-state index contributed by atoms with van der Waals surface area (Å²) in [5.41, 5.74) is 0. The number of aliphatic hydroxyl groups excluding tert-OH is 1. The Balaban J connectivity index is 2.35. The largest absolute Gasteiger partial charge is 0.396 e. The monoisotopic (exact) mass is 242 g/mol. The molecule has 1 aliphatic heterocycles. The molecular formula is C12H22N2O3. The molecule has 0 aliphatic carbocycles. The van der Waals surface area contributed by atoms with Gasteiger partial charge in [0.05, 0.1) is 0 Å². The van der Waals surface area contributed by atoms with Gasteiger partial charge in [-0.1, -0.05) is 6.92 Å². The number of unbranched alkanes of at least 4 members (excludes halogenated alkanes) is 2. The van der Waals surface area contributed by atoms with Crippen molar-refractivity contribution in [2.75, 3.05) is 32.8 Å². The van der Waals surface area contributed by atoms with E-state index >= 15 is 0 Å². The van der Waals surface area contributed by atoms with Crippen LogP contribution in [-0.2, 0) is 9.59 Å². The molecule has 98 valence electrons. The van der Waals surface area contributed by atoms with Crippen molar-refractivity contribution in [3.05, 3.63) is 0 Å². The molecule has 5 heteroatoms. The lowest BCUT2D eigenvalue weighted by Crippen LogP contribution is -2.54. The highest BCUT2D eigenvalue weighted by atomic mass is 16.3. The molecule has 17 heavy (non-hydrogen) atoms. The van der Waals surface area contributed by atoms with Crippen molar-refractivity contribution in [3.8, 4) is 0 Å². The lowest BCUT2D eigenvalue weighted by atomic mass is 10.2. The van der Waals surface area contributed by atoms with Gasteiger partial charge in [0.1, 0.15) is 0 Å². The minimum absolute atomic E-state index is 0.192. The highest BCUT2D eigenvalue weighted by Gasteiger charge is 2.31. The molecule has 0 aromatic heterocycles. The number of nitrogens with zero attached hydrogens (tertiary/aromatic N) is 2. The molecule has 1 fully saturated rings. The molecule has 0 saturated carbocycles. The van der Waals surface area contributed by atoms with Gasteiger partial charge in [0.25, 0.3) is 0 Å². The Kier molecular flexibility index (Phi) is 5.97. The van der Waals surface area contributed by atoms with Crippen molar-refractivity contribution in [1.29, 1.82) is 0 Å². The van der Waals surface area contributed by atoms with Gasteiger partial charge in [-0.25, -0.2) is 0 Å². The van der Waals surface area contributed by atoms with Crippen LogP contribution in [0, 0.1) is 0 Å². The third-order valence-electron chi connectivity index (χ3n) is 2.98. The number of rotatable bonds is 7. The van der Waals surface area contributed by atoms with Crippen LogP contribution in [0.25, 0.3) is 0 Å². The van der Waals surface area contributed by atoms with Gasteiger partial charge in [0.15, 0.2) is 0 Å². The van der Waals surface area contributed by atoms with Crippen molar-refractivity contribution in [3.63, 3.8) is 0 Å². The van der Waals surface area contributed by atoms with Gasteiger partial charge in [-0.05, 0) is 25.7 Å². The fourth-order valence-electron chi connectivity index (χ4n) is 2.00. The summed E-state index contributed by atoms with van der Waals surface area (Å²) >= 11 is 0. The molecule has 1 N–H and O–H groups in total. The minimum atomic E-state index is -0.367. The second-order valence-electron chi connectivity index (χ2n) is 4.37. The topological polar surface area (TPSA) is 60.9 Å². The number of hydrogen-bond acceptors (Lipinski definition) is 3. The SMILES string of the molecule is CCCN1CCN(CCCCCO)C(=O)C1=O. The molecule has 1 heterocycles. The number of aliphatic hydroxyl groups is 1. The summed E-state index contributed by atoms with van der Waals surface area (Å²) in [5.74, 6) is -0.728. The first-order chi connectivity index (χ1) is 8.20. The lowest BCUT2D eigenvalue weighted by molar-refractivity contribution is -0.156. The quantitative estimate of drug-likeness (QED) is 0.513. The maximum absolute atomic E-state index is 11.8. The van der Waals surface area contributed by atoms with E-state index in [4.69, 9.17) is 5.11 Å². The summed E-state index contributed by atoms with van der Waals surface area (Å²) in [6.45, 7) is 4.78. The van der Waals surface area contributed by atoms with Crippen LogP contribution in [-0.4, -0.2) is 59.5 Å². The molecule has 1 rings (SSSR count). The Bertz CT molecular complexity index is 266. The van der Waals surface area contributed by atoms with Gasteiger partial charge in [-0.2, -0.15) is 0 Å². The number of piperazine rings is 1. The van der Waals surface area contributed by atoms with Crippen LogP contribution in [0.3, 0.4) is 0 Å². The summed E-state index contributed by atoms with van der Waals surface area (Å²) in [4.78, 5) is 26.7. The Hall–Kier alpha value is -1.10.